The van der Waals surface area contributed by atoms with Crippen LogP contribution in [-0.4, -0.2) is 61.5 Å². The molecule has 4 heteroatoms. The van der Waals surface area contributed by atoms with Crippen LogP contribution in [-0.2, 0) is 4.79 Å². The van der Waals surface area contributed by atoms with Gasteiger partial charge in [-0.25, -0.2) is 0 Å². The average Bonchev–Trinajstić information content (AvgIpc) is 2.94. The Bertz CT molecular complexity index is 271. The van der Waals surface area contributed by atoms with Crippen molar-refractivity contribution in [1.82, 2.24) is 15.1 Å². The maximum absolute atomic E-state index is 12.2. The number of likely N-dealkylation sites (tertiary alicyclic amines) is 1. The molecule has 2 rings (SSSR count). The Morgan fingerprint density at radius 3 is 2.74 bits per heavy atom. The molecule has 0 saturated carbocycles. The number of carbonyl (C=O) groups is 1. The van der Waals surface area contributed by atoms with Crippen molar-refractivity contribution >= 4 is 5.91 Å². The summed E-state index contributed by atoms with van der Waals surface area (Å²) in [5, 5.41) is 3.47. The molecule has 2 saturated heterocycles. The zero-order valence-corrected chi connectivity index (χ0v) is 12.4. The van der Waals surface area contributed by atoms with Crippen molar-refractivity contribution in [3.63, 3.8) is 0 Å². The fraction of sp³-hybridized carbons (Fsp3) is 0.933. The molecular formula is C15H29N3O. The molecule has 110 valence electrons. The Kier molecular flexibility index (Phi) is 6.11. The van der Waals surface area contributed by atoms with Gasteiger partial charge in [0.05, 0.1) is 6.54 Å². The normalized spacial score (nSPS) is 24.1. The lowest BCUT2D eigenvalue weighted by molar-refractivity contribution is -0.131. The molecule has 0 aromatic heterocycles. The Balaban J connectivity index is 1.78. The summed E-state index contributed by atoms with van der Waals surface area (Å²) in [6.45, 7) is 9.20. The smallest absolute Gasteiger partial charge is 0.236 e. The number of piperidine rings is 1. The molecule has 1 unspecified atom stereocenters. The van der Waals surface area contributed by atoms with E-state index in [1.54, 1.807) is 0 Å². The lowest BCUT2D eigenvalue weighted by Crippen LogP contribution is -2.43. The van der Waals surface area contributed by atoms with Gasteiger partial charge < -0.3 is 10.2 Å². The van der Waals surface area contributed by atoms with Crippen LogP contribution in [0.15, 0.2) is 0 Å². The predicted molar refractivity (Wildman–Crippen MR) is 78.1 cm³/mol. The van der Waals surface area contributed by atoms with Gasteiger partial charge in [0.2, 0.25) is 5.91 Å². The van der Waals surface area contributed by atoms with Gasteiger partial charge in [0.15, 0.2) is 0 Å². The SMILES string of the molecule is CCCN(CC(=O)N1CCCC1)CC1CCCNC1. The molecule has 0 aromatic rings. The van der Waals surface area contributed by atoms with Gasteiger partial charge in [-0.2, -0.15) is 0 Å². The highest BCUT2D eigenvalue weighted by Crippen LogP contribution is 2.13. The maximum Gasteiger partial charge on any atom is 0.236 e. The molecule has 1 N–H and O–H groups in total. The number of nitrogens with one attached hydrogen (secondary N) is 1. The fourth-order valence-electron chi connectivity index (χ4n) is 3.25. The first-order chi connectivity index (χ1) is 9.29. The van der Waals surface area contributed by atoms with Gasteiger partial charge in [0.25, 0.3) is 0 Å². The van der Waals surface area contributed by atoms with Crippen LogP contribution < -0.4 is 5.32 Å². The highest BCUT2D eigenvalue weighted by Gasteiger charge is 2.22. The van der Waals surface area contributed by atoms with Crippen LogP contribution in [0.2, 0.25) is 0 Å². The van der Waals surface area contributed by atoms with Crippen molar-refractivity contribution in [2.24, 2.45) is 5.92 Å². The van der Waals surface area contributed by atoms with Crippen molar-refractivity contribution in [2.45, 2.75) is 39.0 Å². The van der Waals surface area contributed by atoms with Crippen LogP contribution in [0, 0.1) is 5.92 Å². The standard InChI is InChI=1S/C15H29N3O/c1-2-8-17(12-14-6-5-7-16-11-14)13-15(19)18-9-3-4-10-18/h14,16H,2-13H2,1H3. The zero-order valence-electron chi connectivity index (χ0n) is 12.4. The van der Waals surface area contributed by atoms with Crippen molar-refractivity contribution < 1.29 is 4.79 Å². The van der Waals surface area contributed by atoms with Crippen molar-refractivity contribution in [2.75, 3.05) is 45.8 Å². The summed E-state index contributed by atoms with van der Waals surface area (Å²) in [7, 11) is 0. The molecular weight excluding hydrogens is 238 g/mol. The molecule has 0 aliphatic carbocycles. The molecule has 0 spiro atoms. The average molecular weight is 267 g/mol. The van der Waals surface area contributed by atoms with Gasteiger partial charge in [-0.3, -0.25) is 9.69 Å². The van der Waals surface area contributed by atoms with Crippen LogP contribution in [0.4, 0.5) is 0 Å². The van der Waals surface area contributed by atoms with Crippen LogP contribution in [0.25, 0.3) is 0 Å². The van der Waals surface area contributed by atoms with Crippen LogP contribution >= 0.6 is 0 Å². The highest BCUT2D eigenvalue weighted by atomic mass is 16.2. The molecule has 2 aliphatic heterocycles. The summed E-state index contributed by atoms with van der Waals surface area (Å²) in [5.74, 6) is 1.07. The predicted octanol–water partition coefficient (Wildman–Crippen LogP) is 1.32. The van der Waals surface area contributed by atoms with Crippen LogP contribution in [0.1, 0.15) is 39.0 Å². The number of hydrogen-bond donors (Lipinski definition) is 1. The van der Waals surface area contributed by atoms with E-state index in [0.29, 0.717) is 12.5 Å². The van der Waals surface area contributed by atoms with Gasteiger partial charge in [0.1, 0.15) is 0 Å². The molecule has 2 fully saturated rings. The molecule has 2 heterocycles. The lowest BCUT2D eigenvalue weighted by atomic mass is 9.99. The molecule has 0 aromatic carbocycles. The molecule has 2 aliphatic rings. The van der Waals surface area contributed by atoms with E-state index in [2.05, 4.69) is 17.1 Å². The second kappa shape index (κ2) is 7.85. The Hall–Kier alpha value is -0.610. The van der Waals surface area contributed by atoms with E-state index in [-0.39, 0.29) is 0 Å². The monoisotopic (exact) mass is 267 g/mol. The molecule has 0 bridgehead atoms. The quantitative estimate of drug-likeness (QED) is 0.788. The maximum atomic E-state index is 12.2. The minimum absolute atomic E-state index is 0.342. The van der Waals surface area contributed by atoms with E-state index >= 15 is 0 Å². The minimum Gasteiger partial charge on any atom is -0.342 e. The second-order valence-electron chi connectivity index (χ2n) is 6.04. The zero-order chi connectivity index (χ0) is 13.5. The van der Waals surface area contributed by atoms with Gasteiger partial charge >= 0.3 is 0 Å². The molecule has 1 amide bonds. The van der Waals surface area contributed by atoms with E-state index in [1.807, 2.05) is 4.90 Å². The first-order valence-corrected chi connectivity index (χ1v) is 8.00. The first kappa shape index (κ1) is 14.8. The van der Waals surface area contributed by atoms with Crippen molar-refractivity contribution in [3.8, 4) is 0 Å². The minimum atomic E-state index is 0.342. The van der Waals surface area contributed by atoms with E-state index in [4.69, 9.17) is 0 Å². The number of rotatable bonds is 6. The van der Waals surface area contributed by atoms with E-state index in [9.17, 15) is 4.79 Å². The third-order valence-electron chi connectivity index (χ3n) is 4.27. The Morgan fingerprint density at radius 2 is 2.11 bits per heavy atom. The van der Waals surface area contributed by atoms with Crippen molar-refractivity contribution in [1.29, 1.82) is 0 Å². The molecule has 0 radical (unpaired) electrons. The first-order valence-electron chi connectivity index (χ1n) is 8.00. The number of carbonyl (C=O) groups excluding carboxylic acids is 1. The van der Waals surface area contributed by atoms with Gasteiger partial charge in [-0.1, -0.05) is 6.92 Å². The second-order valence-corrected chi connectivity index (χ2v) is 6.04. The van der Waals surface area contributed by atoms with Crippen LogP contribution in [0.3, 0.4) is 0 Å². The number of amides is 1. The summed E-state index contributed by atoms with van der Waals surface area (Å²) >= 11 is 0. The van der Waals surface area contributed by atoms with E-state index in [0.717, 1.165) is 51.6 Å². The third-order valence-corrected chi connectivity index (χ3v) is 4.27. The lowest BCUT2D eigenvalue weighted by Gasteiger charge is -2.30. The van der Waals surface area contributed by atoms with Crippen molar-refractivity contribution in [3.05, 3.63) is 0 Å². The molecule has 1 atom stereocenters. The largest absolute Gasteiger partial charge is 0.342 e. The number of nitrogens with zero attached hydrogens (tertiary/aromatic N) is 2. The summed E-state index contributed by atoms with van der Waals surface area (Å²) in [5.41, 5.74) is 0. The highest BCUT2D eigenvalue weighted by molar-refractivity contribution is 5.78. The fourth-order valence-corrected chi connectivity index (χ4v) is 3.25. The Morgan fingerprint density at radius 1 is 1.32 bits per heavy atom. The Labute approximate surface area is 117 Å². The third kappa shape index (κ3) is 4.77. The van der Waals surface area contributed by atoms with Gasteiger partial charge in [-0.05, 0) is 57.7 Å². The van der Waals surface area contributed by atoms with Gasteiger partial charge in [-0.15, -0.1) is 0 Å². The van der Waals surface area contributed by atoms with Gasteiger partial charge in [0, 0.05) is 19.6 Å². The van der Waals surface area contributed by atoms with E-state index < -0.39 is 0 Å². The summed E-state index contributed by atoms with van der Waals surface area (Å²) in [6.07, 6.45) is 6.10. The van der Waals surface area contributed by atoms with E-state index in [1.165, 1.54) is 25.7 Å². The topological polar surface area (TPSA) is 35.6 Å². The summed E-state index contributed by atoms with van der Waals surface area (Å²) < 4.78 is 0. The van der Waals surface area contributed by atoms with Crippen LogP contribution in [0.5, 0.6) is 0 Å². The molecule has 4 nitrogen and oxygen atoms in total. The molecule has 19 heavy (non-hydrogen) atoms. The summed E-state index contributed by atoms with van der Waals surface area (Å²) in [4.78, 5) is 16.7. The summed E-state index contributed by atoms with van der Waals surface area (Å²) in [6, 6.07) is 0. The number of hydrogen-bond acceptors (Lipinski definition) is 3.